The number of pyridine rings is 1. The quantitative estimate of drug-likeness (QED) is 0.814. The van der Waals surface area contributed by atoms with Crippen molar-refractivity contribution in [1.82, 2.24) is 4.98 Å². The summed E-state index contributed by atoms with van der Waals surface area (Å²) in [5, 5.41) is -1.17. The number of alkyl halides is 2. The zero-order chi connectivity index (χ0) is 11.6. The van der Waals surface area contributed by atoms with Crippen LogP contribution in [0.15, 0.2) is 10.9 Å². The van der Waals surface area contributed by atoms with Crippen molar-refractivity contribution in [3.05, 3.63) is 27.5 Å². The second-order valence-corrected chi connectivity index (χ2v) is 2.91. The number of carbonyl (C=O) groups is 1. The highest BCUT2D eigenvalue weighted by Gasteiger charge is 2.22. The summed E-state index contributed by atoms with van der Waals surface area (Å²) in [5.41, 5.74) is -2.59. The van der Waals surface area contributed by atoms with E-state index in [0.29, 0.717) is 0 Å². The number of H-pyrrole nitrogens is 1. The van der Waals surface area contributed by atoms with Crippen LogP contribution in [0.4, 0.5) is 8.78 Å². The predicted molar refractivity (Wildman–Crippen MR) is 48.8 cm³/mol. The number of rotatable bonds is 3. The lowest BCUT2D eigenvalue weighted by molar-refractivity contribution is 0.105. The zero-order valence-corrected chi connectivity index (χ0v) is 8.27. The molecular weight excluding hydrogens is 232 g/mol. The monoisotopic (exact) mass is 237 g/mol. The first kappa shape index (κ1) is 11.6. The Hall–Kier alpha value is -1.43. The predicted octanol–water partition coefficient (Wildman–Crippen LogP) is 1.70. The van der Waals surface area contributed by atoms with E-state index >= 15 is 0 Å². The van der Waals surface area contributed by atoms with Crippen LogP contribution in [0, 0.1) is 0 Å². The number of aromatic amines is 1. The van der Waals surface area contributed by atoms with Gasteiger partial charge in [-0.3, -0.25) is 9.59 Å². The Morgan fingerprint density at radius 2 is 2.20 bits per heavy atom. The molecule has 1 rings (SSSR count). The molecule has 1 N–H and O–H groups in total. The lowest BCUT2D eigenvalue weighted by atomic mass is 10.2. The number of methoxy groups -OCH3 is 1. The van der Waals surface area contributed by atoms with Gasteiger partial charge >= 0.3 is 0 Å². The Balaban J connectivity index is 3.50. The zero-order valence-electron chi connectivity index (χ0n) is 7.51. The Labute approximate surface area is 87.8 Å². The number of carbonyl (C=O) groups excluding carboxylic acids is 1. The molecule has 1 aromatic heterocycles. The standard InChI is InChI=1S/C8H6ClF2NO3/c1-15-4-2-3(13)5(8(10)11)6(12-4)7(9)14/h2,8H,1H3,(H,12,13). The van der Waals surface area contributed by atoms with Crippen LogP contribution >= 0.6 is 11.6 Å². The molecule has 0 fully saturated rings. The molecule has 0 saturated heterocycles. The lowest BCUT2D eigenvalue weighted by Gasteiger charge is -2.06. The molecule has 82 valence electrons. The van der Waals surface area contributed by atoms with Gasteiger partial charge in [-0.25, -0.2) is 8.78 Å². The smallest absolute Gasteiger partial charge is 0.269 e. The number of nitrogens with one attached hydrogen (secondary N) is 1. The number of ether oxygens (including phenoxy) is 1. The van der Waals surface area contributed by atoms with E-state index in [-0.39, 0.29) is 5.88 Å². The van der Waals surface area contributed by atoms with E-state index in [0.717, 1.165) is 6.07 Å². The average molecular weight is 238 g/mol. The van der Waals surface area contributed by atoms with E-state index in [4.69, 9.17) is 11.6 Å². The van der Waals surface area contributed by atoms with Crippen molar-refractivity contribution in [1.29, 1.82) is 0 Å². The van der Waals surface area contributed by atoms with Crippen LogP contribution in [-0.4, -0.2) is 17.3 Å². The van der Waals surface area contributed by atoms with Crippen LogP contribution in [0.1, 0.15) is 22.5 Å². The third kappa shape index (κ3) is 2.33. The second kappa shape index (κ2) is 4.39. The summed E-state index contributed by atoms with van der Waals surface area (Å²) >= 11 is 5.06. The minimum absolute atomic E-state index is 0.103. The Kier molecular flexibility index (Phi) is 3.41. The molecule has 0 atom stereocenters. The highest BCUT2D eigenvalue weighted by molar-refractivity contribution is 6.67. The normalized spacial score (nSPS) is 10.5. The highest BCUT2D eigenvalue weighted by atomic mass is 35.5. The highest BCUT2D eigenvalue weighted by Crippen LogP contribution is 2.21. The Morgan fingerprint density at radius 1 is 1.60 bits per heavy atom. The molecular formula is C8H6ClF2NO3. The molecule has 7 heteroatoms. The fraction of sp³-hybridized carbons (Fsp3) is 0.250. The summed E-state index contributed by atoms with van der Waals surface area (Å²) in [7, 11) is 1.22. The maximum Gasteiger partial charge on any atom is 0.269 e. The van der Waals surface area contributed by atoms with Gasteiger partial charge in [0.05, 0.1) is 12.7 Å². The van der Waals surface area contributed by atoms with Crippen molar-refractivity contribution in [3.8, 4) is 5.88 Å². The van der Waals surface area contributed by atoms with Crippen LogP contribution in [0.3, 0.4) is 0 Å². The molecule has 0 aliphatic heterocycles. The third-order valence-corrected chi connectivity index (χ3v) is 1.87. The topological polar surface area (TPSA) is 59.2 Å². The molecule has 0 aliphatic rings. The van der Waals surface area contributed by atoms with Crippen molar-refractivity contribution in [2.45, 2.75) is 6.43 Å². The largest absolute Gasteiger partial charge is 0.482 e. The van der Waals surface area contributed by atoms with Crippen LogP contribution in [0.5, 0.6) is 5.88 Å². The van der Waals surface area contributed by atoms with Gasteiger partial charge in [-0.15, -0.1) is 0 Å². The van der Waals surface area contributed by atoms with Crippen molar-refractivity contribution < 1.29 is 18.3 Å². The van der Waals surface area contributed by atoms with Crippen molar-refractivity contribution in [2.24, 2.45) is 0 Å². The molecule has 0 aliphatic carbocycles. The second-order valence-electron chi connectivity index (χ2n) is 2.57. The van der Waals surface area contributed by atoms with Gasteiger partial charge in [0.2, 0.25) is 0 Å². The molecule has 0 spiro atoms. The van der Waals surface area contributed by atoms with Gasteiger partial charge in [-0.05, 0) is 11.6 Å². The SMILES string of the molecule is COc1cc(=O)c(C(F)F)c(C(=O)Cl)[nH]1. The van der Waals surface area contributed by atoms with E-state index in [9.17, 15) is 18.4 Å². The van der Waals surface area contributed by atoms with Gasteiger partial charge in [-0.2, -0.15) is 0 Å². The Morgan fingerprint density at radius 3 is 2.60 bits per heavy atom. The number of hydrogen-bond donors (Lipinski definition) is 1. The Bertz CT molecular complexity index is 444. The minimum atomic E-state index is -3.07. The summed E-state index contributed by atoms with van der Waals surface area (Å²) in [5.74, 6) is -0.103. The molecule has 1 heterocycles. The molecule has 4 nitrogen and oxygen atoms in total. The summed E-state index contributed by atoms with van der Waals surface area (Å²) in [4.78, 5) is 24.2. The van der Waals surface area contributed by atoms with Crippen LogP contribution in [0.25, 0.3) is 0 Å². The van der Waals surface area contributed by atoms with Gasteiger partial charge in [-0.1, -0.05) is 0 Å². The molecule has 0 unspecified atom stereocenters. The van der Waals surface area contributed by atoms with Crippen LogP contribution in [0.2, 0.25) is 0 Å². The summed E-state index contributed by atoms with van der Waals surface area (Å²) in [6.45, 7) is 0. The van der Waals surface area contributed by atoms with E-state index in [1.165, 1.54) is 7.11 Å². The van der Waals surface area contributed by atoms with E-state index < -0.39 is 28.4 Å². The lowest BCUT2D eigenvalue weighted by Crippen LogP contribution is -2.16. The van der Waals surface area contributed by atoms with Gasteiger partial charge in [0.1, 0.15) is 5.69 Å². The number of hydrogen-bond acceptors (Lipinski definition) is 3. The molecule has 0 aromatic carbocycles. The molecule has 1 aromatic rings. The summed E-state index contributed by atoms with van der Waals surface area (Å²) < 4.78 is 29.4. The van der Waals surface area contributed by atoms with Crippen molar-refractivity contribution >= 4 is 16.8 Å². The van der Waals surface area contributed by atoms with E-state index in [1.807, 2.05) is 0 Å². The fourth-order valence-electron chi connectivity index (χ4n) is 1.03. The first-order chi connectivity index (χ1) is 6.97. The molecule has 0 saturated carbocycles. The average Bonchev–Trinajstić information content (AvgIpc) is 2.15. The number of halogens is 3. The molecule has 15 heavy (non-hydrogen) atoms. The van der Waals surface area contributed by atoms with Crippen molar-refractivity contribution in [3.63, 3.8) is 0 Å². The maximum atomic E-state index is 12.4. The van der Waals surface area contributed by atoms with Gasteiger partial charge in [0, 0.05) is 6.07 Å². The number of aromatic nitrogens is 1. The summed E-state index contributed by atoms with van der Waals surface area (Å²) in [6, 6.07) is 0.824. The third-order valence-electron chi connectivity index (χ3n) is 1.68. The first-order valence-corrected chi connectivity index (χ1v) is 4.14. The van der Waals surface area contributed by atoms with E-state index in [2.05, 4.69) is 9.72 Å². The van der Waals surface area contributed by atoms with E-state index in [1.54, 1.807) is 0 Å². The molecule has 0 bridgehead atoms. The summed E-state index contributed by atoms with van der Waals surface area (Å²) in [6.07, 6.45) is -3.07. The first-order valence-electron chi connectivity index (χ1n) is 3.76. The maximum absolute atomic E-state index is 12.4. The van der Waals surface area contributed by atoms with Crippen molar-refractivity contribution in [2.75, 3.05) is 7.11 Å². The minimum Gasteiger partial charge on any atom is -0.482 e. The fourth-order valence-corrected chi connectivity index (χ4v) is 1.18. The van der Waals surface area contributed by atoms with Crippen LogP contribution < -0.4 is 10.2 Å². The van der Waals surface area contributed by atoms with Gasteiger partial charge < -0.3 is 9.72 Å². The van der Waals surface area contributed by atoms with Gasteiger partial charge in [0.25, 0.3) is 11.7 Å². The van der Waals surface area contributed by atoms with Gasteiger partial charge in [0.15, 0.2) is 11.3 Å². The van der Waals surface area contributed by atoms with Crippen LogP contribution in [-0.2, 0) is 0 Å². The molecule has 0 radical (unpaired) electrons. The molecule has 0 amide bonds.